The minimum atomic E-state index is -0.747. The Morgan fingerprint density at radius 1 is 0.968 bits per heavy atom. The molecule has 0 saturated carbocycles. The number of phenols is 2. The van der Waals surface area contributed by atoms with E-state index in [1.165, 1.54) is 18.7 Å². The molecule has 4 N–H and O–H groups in total. The highest BCUT2D eigenvalue weighted by atomic mass is 35.5. The van der Waals surface area contributed by atoms with E-state index < -0.39 is 6.04 Å². The van der Waals surface area contributed by atoms with Crippen LogP contribution in [0, 0.1) is 0 Å². The van der Waals surface area contributed by atoms with Gasteiger partial charge in [0.05, 0.1) is 17.4 Å². The van der Waals surface area contributed by atoms with Crippen molar-refractivity contribution >= 4 is 51.0 Å². The van der Waals surface area contributed by atoms with E-state index in [0.717, 1.165) is 10.8 Å². The second-order valence-electron chi connectivity index (χ2n) is 6.95. The predicted molar refractivity (Wildman–Crippen MR) is 121 cm³/mol. The van der Waals surface area contributed by atoms with Gasteiger partial charge < -0.3 is 20.5 Å². The summed E-state index contributed by atoms with van der Waals surface area (Å²) in [4.78, 5) is 15.6. The highest BCUT2D eigenvalue weighted by molar-refractivity contribution is 6.35. The minimum absolute atomic E-state index is 0.0432. The lowest BCUT2D eigenvalue weighted by molar-refractivity contribution is 0.458. The number of fused-ring (bicyclic) bond motifs is 2. The van der Waals surface area contributed by atoms with Crippen molar-refractivity contribution in [2.45, 2.75) is 6.04 Å². The topological polar surface area (TPSA) is 107 Å². The summed E-state index contributed by atoms with van der Waals surface area (Å²) in [5.41, 5.74) is 1.99. The Labute approximate surface area is 186 Å². The summed E-state index contributed by atoms with van der Waals surface area (Å²) in [6, 6.07) is 13.4. The minimum Gasteiger partial charge on any atom is -0.508 e. The highest BCUT2D eigenvalue weighted by Gasteiger charge is 2.26. The van der Waals surface area contributed by atoms with E-state index in [0.29, 0.717) is 33.1 Å². The predicted octanol–water partition coefficient (Wildman–Crippen LogP) is 5.43. The molecule has 1 atom stereocenters. The van der Waals surface area contributed by atoms with Gasteiger partial charge in [-0.15, -0.1) is 0 Å². The molecule has 0 fully saturated rings. The fourth-order valence-corrected chi connectivity index (χ4v) is 4.22. The number of hydrogen-bond acceptors (Lipinski definition) is 6. The molecule has 0 radical (unpaired) electrons. The Balaban J connectivity index is 1.79. The van der Waals surface area contributed by atoms with Crippen LogP contribution in [0.15, 0.2) is 61.2 Å². The molecule has 0 bridgehead atoms. The summed E-state index contributed by atoms with van der Waals surface area (Å²) in [6.45, 7) is 0. The number of aromatic amines is 1. The van der Waals surface area contributed by atoms with Gasteiger partial charge in [-0.25, -0.2) is 15.0 Å². The molecule has 154 valence electrons. The summed E-state index contributed by atoms with van der Waals surface area (Å²) in [7, 11) is 0. The molecule has 9 heteroatoms. The van der Waals surface area contributed by atoms with E-state index in [1.54, 1.807) is 12.1 Å². The molecule has 3 aromatic carbocycles. The second kappa shape index (κ2) is 7.61. The van der Waals surface area contributed by atoms with Crippen molar-refractivity contribution in [1.29, 1.82) is 0 Å². The average molecular weight is 452 g/mol. The lowest BCUT2D eigenvalue weighted by Gasteiger charge is -2.24. The number of H-pyrrole nitrogens is 1. The molecule has 0 saturated heterocycles. The number of imidazole rings is 1. The third-order valence-corrected chi connectivity index (χ3v) is 5.62. The molecule has 1 unspecified atom stereocenters. The first kappa shape index (κ1) is 19.4. The van der Waals surface area contributed by atoms with Gasteiger partial charge in [-0.2, -0.15) is 0 Å². The Bertz CT molecular complexity index is 1440. The van der Waals surface area contributed by atoms with E-state index in [1.807, 2.05) is 30.3 Å². The van der Waals surface area contributed by atoms with Gasteiger partial charge in [-0.05, 0) is 29.0 Å². The van der Waals surface area contributed by atoms with Crippen LogP contribution in [0.2, 0.25) is 10.0 Å². The Kier molecular flexibility index (Phi) is 4.77. The third kappa shape index (κ3) is 3.37. The number of nitrogens with one attached hydrogen (secondary N) is 2. The first-order chi connectivity index (χ1) is 15.0. The van der Waals surface area contributed by atoms with E-state index in [2.05, 4.69) is 25.3 Å². The first-order valence-corrected chi connectivity index (χ1v) is 10.1. The molecule has 0 amide bonds. The number of anilines is 1. The maximum atomic E-state index is 10.9. The molecule has 0 aliphatic rings. The van der Waals surface area contributed by atoms with Gasteiger partial charge in [0.2, 0.25) is 0 Å². The van der Waals surface area contributed by atoms with Crippen LogP contribution in [0.25, 0.3) is 21.9 Å². The number of benzene rings is 3. The molecule has 2 aromatic heterocycles. The Morgan fingerprint density at radius 3 is 2.68 bits per heavy atom. The molecule has 0 aliphatic carbocycles. The van der Waals surface area contributed by atoms with Gasteiger partial charge in [-0.3, -0.25) is 0 Å². The van der Waals surface area contributed by atoms with Crippen molar-refractivity contribution in [2.75, 3.05) is 5.32 Å². The molecule has 7 nitrogen and oxygen atoms in total. The van der Waals surface area contributed by atoms with E-state index in [-0.39, 0.29) is 16.5 Å². The Morgan fingerprint density at radius 2 is 1.81 bits per heavy atom. The largest absolute Gasteiger partial charge is 0.508 e. The quantitative estimate of drug-likeness (QED) is 0.290. The smallest absolute Gasteiger partial charge is 0.182 e. The summed E-state index contributed by atoms with van der Waals surface area (Å²) >= 11 is 12.5. The number of hydrogen-bond donors (Lipinski definition) is 4. The maximum Gasteiger partial charge on any atom is 0.182 e. The maximum absolute atomic E-state index is 10.9. The van der Waals surface area contributed by atoms with Gasteiger partial charge >= 0.3 is 0 Å². The number of phenolic OH excluding ortho intramolecular Hbond substituents is 2. The lowest BCUT2D eigenvalue weighted by atomic mass is 9.92. The summed E-state index contributed by atoms with van der Waals surface area (Å²) in [6.07, 6.45) is 2.90. The van der Waals surface area contributed by atoms with Crippen molar-refractivity contribution in [3.8, 4) is 11.5 Å². The van der Waals surface area contributed by atoms with Crippen LogP contribution >= 0.6 is 23.2 Å². The number of rotatable bonds is 4. The van der Waals surface area contributed by atoms with Gasteiger partial charge in [0.1, 0.15) is 23.3 Å². The fourth-order valence-electron chi connectivity index (χ4n) is 3.71. The number of nitrogens with zero attached hydrogens (tertiary/aromatic N) is 3. The number of halogens is 2. The molecule has 0 spiro atoms. The zero-order valence-electron chi connectivity index (χ0n) is 15.8. The summed E-state index contributed by atoms with van der Waals surface area (Å²) < 4.78 is 0. The van der Waals surface area contributed by atoms with E-state index in [9.17, 15) is 10.2 Å². The van der Waals surface area contributed by atoms with Crippen LogP contribution < -0.4 is 5.32 Å². The van der Waals surface area contributed by atoms with Gasteiger partial charge in [0.25, 0.3) is 0 Å². The monoisotopic (exact) mass is 451 g/mol. The molecule has 31 heavy (non-hydrogen) atoms. The standard InChI is InChI=1S/C22H15Cl2N5O2/c23-12-7-14(20(31)15(24)8-12)18(29-22-19-21(26-9-25-19)27-10-28-22)17-13-4-2-1-3-11(13)5-6-16(17)30/h1-10,18,30-31H,(H2,25,26,27,28,29). The summed E-state index contributed by atoms with van der Waals surface area (Å²) in [5.74, 6) is 0.336. The van der Waals surface area contributed by atoms with Gasteiger partial charge in [0.15, 0.2) is 11.5 Å². The van der Waals surface area contributed by atoms with Crippen LogP contribution in [0.5, 0.6) is 11.5 Å². The van der Waals surface area contributed by atoms with Gasteiger partial charge in [0, 0.05) is 16.1 Å². The molecule has 0 aliphatic heterocycles. The van der Waals surface area contributed by atoms with Crippen LogP contribution in [-0.2, 0) is 0 Å². The molecule has 5 rings (SSSR count). The molecular weight excluding hydrogens is 437 g/mol. The zero-order valence-corrected chi connectivity index (χ0v) is 17.4. The fraction of sp³-hybridized carbons (Fsp3) is 0.0455. The van der Waals surface area contributed by atoms with Crippen molar-refractivity contribution in [3.63, 3.8) is 0 Å². The number of aromatic hydroxyl groups is 2. The molecular formula is C22H15Cl2N5O2. The van der Waals surface area contributed by atoms with E-state index in [4.69, 9.17) is 23.2 Å². The number of aromatic nitrogens is 4. The van der Waals surface area contributed by atoms with Crippen LogP contribution in [0.3, 0.4) is 0 Å². The zero-order chi connectivity index (χ0) is 21.5. The normalized spacial score (nSPS) is 12.3. The van der Waals surface area contributed by atoms with Crippen LogP contribution in [0.1, 0.15) is 17.2 Å². The SMILES string of the molecule is Oc1ccc2ccccc2c1C(Nc1ncnc2nc[nH]c12)c1cc(Cl)cc(Cl)c1O. The van der Waals surface area contributed by atoms with Crippen molar-refractivity contribution < 1.29 is 10.2 Å². The lowest BCUT2D eigenvalue weighted by Crippen LogP contribution is -2.15. The van der Waals surface area contributed by atoms with Crippen molar-refractivity contribution in [3.05, 3.63) is 82.4 Å². The van der Waals surface area contributed by atoms with E-state index >= 15 is 0 Å². The van der Waals surface area contributed by atoms with Crippen molar-refractivity contribution in [2.24, 2.45) is 0 Å². The first-order valence-electron chi connectivity index (χ1n) is 9.32. The van der Waals surface area contributed by atoms with Crippen molar-refractivity contribution in [1.82, 2.24) is 19.9 Å². The third-order valence-electron chi connectivity index (χ3n) is 5.11. The average Bonchev–Trinajstić information content (AvgIpc) is 3.25. The molecule has 5 aromatic rings. The Hall–Kier alpha value is -3.55. The molecule has 2 heterocycles. The van der Waals surface area contributed by atoms with Crippen LogP contribution in [0.4, 0.5) is 5.82 Å². The summed E-state index contributed by atoms with van der Waals surface area (Å²) in [5, 5.41) is 27.2. The second-order valence-corrected chi connectivity index (χ2v) is 7.79. The van der Waals surface area contributed by atoms with Crippen LogP contribution in [-0.4, -0.2) is 30.1 Å². The van der Waals surface area contributed by atoms with Gasteiger partial charge in [-0.1, -0.05) is 53.5 Å². The highest BCUT2D eigenvalue weighted by Crippen LogP contribution is 2.43.